The summed E-state index contributed by atoms with van der Waals surface area (Å²) in [4.78, 5) is 11.9. The minimum absolute atomic E-state index is 0.109. The highest BCUT2D eigenvalue weighted by Crippen LogP contribution is 2.15. The largest absolute Gasteiger partial charge is 0.338 e. The Morgan fingerprint density at radius 1 is 1.33 bits per heavy atom. The van der Waals surface area contributed by atoms with Gasteiger partial charge < -0.3 is 5.32 Å². The number of hydrogen-bond acceptors (Lipinski definition) is 2. The molecule has 3 nitrogen and oxygen atoms in total. The number of rotatable bonds is 5. The van der Waals surface area contributed by atoms with Gasteiger partial charge >= 0.3 is 0 Å². The van der Waals surface area contributed by atoms with E-state index in [1.807, 2.05) is 38.1 Å². The number of nitrogens with zero attached hydrogens (tertiary/aromatic N) is 1. The zero-order valence-electron chi connectivity index (χ0n) is 10.7. The summed E-state index contributed by atoms with van der Waals surface area (Å²) in [5.74, 6) is -0.109. The predicted molar refractivity (Wildman–Crippen MR) is 74.9 cm³/mol. The van der Waals surface area contributed by atoms with Gasteiger partial charge in [0.15, 0.2) is 0 Å². The highest BCUT2D eigenvalue weighted by Gasteiger charge is 2.27. The van der Waals surface area contributed by atoms with E-state index in [4.69, 9.17) is 5.26 Å². The molecule has 0 unspecified atom stereocenters. The van der Waals surface area contributed by atoms with Crippen LogP contribution in [-0.2, 0) is 11.2 Å². The minimum Gasteiger partial charge on any atom is -0.338 e. The molecular formula is C14H17BrN2O. The van der Waals surface area contributed by atoms with Gasteiger partial charge in [0.2, 0.25) is 5.91 Å². The number of carbonyl (C=O) groups is 1. The number of halogens is 1. The quantitative estimate of drug-likeness (QED) is 0.908. The average molecular weight is 309 g/mol. The zero-order valence-corrected chi connectivity index (χ0v) is 12.3. The first-order valence-corrected chi connectivity index (χ1v) is 6.81. The molecule has 1 rings (SSSR count). The van der Waals surface area contributed by atoms with Crippen LogP contribution in [-0.4, -0.2) is 11.4 Å². The second-order valence-corrected chi connectivity index (χ2v) is 5.17. The van der Waals surface area contributed by atoms with Crippen LogP contribution >= 0.6 is 15.9 Å². The molecule has 0 bridgehead atoms. The monoisotopic (exact) mass is 308 g/mol. The van der Waals surface area contributed by atoms with E-state index in [0.717, 1.165) is 10.0 Å². The number of nitrogens with one attached hydrogen (secondary N) is 1. The van der Waals surface area contributed by atoms with Crippen molar-refractivity contribution in [3.05, 3.63) is 34.3 Å². The van der Waals surface area contributed by atoms with Gasteiger partial charge in [0.25, 0.3) is 0 Å². The van der Waals surface area contributed by atoms with E-state index < -0.39 is 5.54 Å². The summed E-state index contributed by atoms with van der Waals surface area (Å²) in [7, 11) is 0. The van der Waals surface area contributed by atoms with E-state index in [9.17, 15) is 4.79 Å². The van der Waals surface area contributed by atoms with Gasteiger partial charge in [0.1, 0.15) is 5.54 Å². The normalized spacial score (nSPS) is 10.8. The zero-order chi connectivity index (χ0) is 13.6. The highest BCUT2D eigenvalue weighted by atomic mass is 79.9. The molecule has 1 aromatic rings. The highest BCUT2D eigenvalue weighted by molar-refractivity contribution is 9.10. The van der Waals surface area contributed by atoms with E-state index in [1.165, 1.54) is 0 Å². The van der Waals surface area contributed by atoms with Crippen LogP contribution in [0.15, 0.2) is 28.7 Å². The van der Waals surface area contributed by atoms with Crippen molar-refractivity contribution in [1.82, 2.24) is 5.32 Å². The smallest absolute Gasteiger partial charge is 0.225 e. The maximum atomic E-state index is 11.9. The first-order valence-electron chi connectivity index (χ1n) is 6.02. The average Bonchev–Trinajstić information content (AvgIpc) is 2.39. The third-order valence-electron chi connectivity index (χ3n) is 3.08. The Labute approximate surface area is 116 Å². The van der Waals surface area contributed by atoms with E-state index in [-0.39, 0.29) is 5.91 Å². The van der Waals surface area contributed by atoms with Gasteiger partial charge in [-0.2, -0.15) is 5.26 Å². The molecule has 0 radical (unpaired) electrons. The molecule has 0 saturated heterocycles. The van der Waals surface area contributed by atoms with Gasteiger partial charge in [0.05, 0.1) is 12.5 Å². The van der Waals surface area contributed by atoms with E-state index in [0.29, 0.717) is 19.3 Å². The molecule has 18 heavy (non-hydrogen) atoms. The van der Waals surface area contributed by atoms with Gasteiger partial charge in [0, 0.05) is 4.47 Å². The van der Waals surface area contributed by atoms with Crippen molar-refractivity contribution in [1.29, 1.82) is 5.26 Å². The molecule has 96 valence electrons. The Morgan fingerprint density at radius 3 is 2.33 bits per heavy atom. The van der Waals surface area contributed by atoms with Crippen LogP contribution in [0.5, 0.6) is 0 Å². The SMILES string of the molecule is CCC(C#N)(CC)NC(=O)Cc1ccc(Br)cc1. The molecule has 0 aromatic heterocycles. The first-order chi connectivity index (χ1) is 8.55. The van der Waals surface area contributed by atoms with Gasteiger partial charge in [-0.3, -0.25) is 4.79 Å². The molecular weight excluding hydrogens is 292 g/mol. The minimum atomic E-state index is -0.730. The lowest BCUT2D eigenvalue weighted by atomic mass is 9.94. The molecule has 0 aliphatic carbocycles. The Bertz CT molecular complexity index is 444. The Hall–Kier alpha value is -1.34. The summed E-state index contributed by atoms with van der Waals surface area (Å²) in [6.45, 7) is 3.82. The Balaban J connectivity index is 2.67. The van der Waals surface area contributed by atoms with E-state index in [2.05, 4.69) is 27.3 Å². The third-order valence-corrected chi connectivity index (χ3v) is 3.61. The summed E-state index contributed by atoms with van der Waals surface area (Å²) in [6.07, 6.45) is 1.54. The molecule has 0 heterocycles. The van der Waals surface area contributed by atoms with Crippen LogP contribution in [0.4, 0.5) is 0 Å². The molecule has 0 atom stereocenters. The molecule has 4 heteroatoms. The van der Waals surface area contributed by atoms with Crippen LogP contribution < -0.4 is 5.32 Å². The van der Waals surface area contributed by atoms with Crippen LogP contribution in [0.25, 0.3) is 0 Å². The Morgan fingerprint density at radius 2 is 1.89 bits per heavy atom. The van der Waals surface area contributed by atoms with Crippen molar-refractivity contribution in [3.8, 4) is 6.07 Å². The maximum Gasteiger partial charge on any atom is 0.225 e. The number of carbonyl (C=O) groups excluding carboxylic acids is 1. The van der Waals surface area contributed by atoms with Gasteiger partial charge in [-0.05, 0) is 30.5 Å². The van der Waals surface area contributed by atoms with Crippen LogP contribution in [0.3, 0.4) is 0 Å². The van der Waals surface area contributed by atoms with Gasteiger partial charge in [-0.15, -0.1) is 0 Å². The van der Waals surface area contributed by atoms with Crippen molar-refractivity contribution < 1.29 is 4.79 Å². The molecule has 1 amide bonds. The number of nitriles is 1. The molecule has 0 spiro atoms. The second kappa shape index (κ2) is 6.55. The number of amides is 1. The van der Waals surface area contributed by atoms with Crippen molar-refractivity contribution in [2.75, 3.05) is 0 Å². The molecule has 0 fully saturated rings. The fourth-order valence-corrected chi connectivity index (χ4v) is 1.98. The van der Waals surface area contributed by atoms with Gasteiger partial charge in [-0.1, -0.05) is 41.9 Å². The molecule has 1 aromatic carbocycles. The summed E-state index contributed by atoms with van der Waals surface area (Å²) in [5, 5.41) is 12.0. The van der Waals surface area contributed by atoms with Crippen molar-refractivity contribution in [2.45, 2.75) is 38.6 Å². The summed E-state index contributed by atoms with van der Waals surface area (Å²) in [5.41, 5.74) is 0.210. The van der Waals surface area contributed by atoms with E-state index >= 15 is 0 Å². The molecule has 0 aliphatic heterocycles. The van der Waals surface area contributed by atoms with Crippen LogP contribution in [0.1, 0.15) is 32.3 Å². The topological polar surface area (TPSA) is 52.9 Å². The Kier molecular flexibility index (Phi) is 5.36. The lowest BCUT2D eigenvalue weighted by molar-refractivity contribution is -0.121. The van der Waals surface area contributed by atoms with Crippen molar-refractivity contribution in [2.24, 2.45) is 0 Å². The predicted octanol–water partition coefficient (Wildman–Crippen LogP) is 3.19. The van der Waals surface area contributed by atoms with E-state index in [1.54, 1.807) is 0 Å². The first kappa shape index (κ1) is 14.7. The van der Waals surface area contributed by atoms with Crippen LogP contribution in [0, 0.1) is 11.3 Å². The standard InChI is InChI=1S/C14H17BrN2O/c1-3-14(4-2,10-16)17-13(18)9-11-5-7-12(15)8-6-11/h5-8H,3-4,9H2,1-2H3,(H,17,18). The fraction of sp³-hybridized carbons (Fsp3) is 0.429. The maximum absolute atomic E-state index is 11.9. The lowest BCUT2D eigenvalue weighted by Crippen LogP contribution is -2.47. The number of hydrogen-bond donors (Lipinski definition) is 1. The van der Waals surface area contributed by atoms with Crippen LogP contribution in [0.2, 0.25) is 0 Å². The van der Waals surface area contributed by atoms with Crippen molar-refractivity contribution in [3.63, 3.8) is 0 Å². The van der Waals surface area contributed by atoms with Crippen molar-refractivity contribution >= 4 is 21.8 Å². The molecule has 0 saturated carbocycles. The summed E-state index contributed by atoms with van der Waals surface area (Å²) < 4.78 is 0.986. The number of benzene rings is 1. The van der Waals surface area contributed by atoms with Gasteiger partial charge in [-0.25, -0.2) is 0 Å². The summed E-state index contributed by atoms with van der Waals surface area (Å²) >= 11 is 3.35. The fourth-order valence-electron chi connectivity index (χ4n) is 1.71. The second-order valence-electron chi connectivity index (χ2n) is 4.25. The summed E-state index contributed by atoms with van der Waals surface area (Å²) in [6, 6.07) is 9.80. The molecule has 0 aliphatic rings. The third kappa shape index (κ3) is 3.85. The lowest BCUT2D eigenvalue weighted by Gasteiger charge is -2.24. The molecule has 1 N–H and O–H groups in total.